The first-order valence-electron chi connectivity index (χ1n) is 5.90. The molecule has 1 nitrogen and oxygen atoms in total. The number of aliphatic hydroxyl groups is 1. The van der Waals surface area contributed by atoms with Crippen LogP contribution in [0, 0.1) is 19.8 Å². The summed E-state index contributed by atoms with van der Waals surface area (Å²) in [5, 5.41) is 9.52. The lowest BCUT2D eigenvalue weighted by Crippen LogP contribution is -2.05. The number of benzene rings is 1. The molecule has 15 heavy (non-hydrogen) atoms. The molecule has 2 unspecified atom stereocenters. The van der Waals surface area contributed by atoms with Crippen molar-refractivity contribution in [1.29, 1.82) is 0 Å². The topological polar surface area (TPSA) is 20.2 Å². The van der Waals surface area contributed by atoms with Gasteiger partial charge in [-0.2, -0.15) is 0 Å². The van der Waals surface area contributed by atoms with Gasteiger partial charge in [0, 0.05) is 0 Å². The highest BCUT2D eigenvalue weighted by Gasteiger charge is 2.23. The summed E-state index contributed by atoms with van der Waals surface area (Å²) in [6, 6.07) is 6.50. The van der Waals surface area contributed by atoms with Crippen LogP contribution in [-0.2, 0) is 6.42 Å². The van der Waals surface area contributed by atoms with Crippen molar-refractivity contribution in [3.8, 4) is 0 Å². The summed E-state index contributed by atoms with van der Waals surface area (Å²) in [5.74, 6) is 0.694. The molecule has 0 spiro atoms. The van der Waals surface area contributed by atoms with Crippen LogP contribution < -0.4 is 0 Å². The Morgan fingerprint density at radius 2 is 1.87 bits per heavy atom. The Balaban J connectivity index is 2.10. The van der Waals surface area contributed by atoms with E-state index in [4.69, 9.17) is 0 Å². The number of aryl methyl sites for hydroxylation is 2. The van der Waals surface area contributed by atoms with Gasteiger partial charge in [0.15, 0.2) is 0 Å². The molecule has 0 aliphatic heterocycles. The molecule has 0 radical (unpaired) electrons. The molecule has 0 aromatic heterocycles. The zero-order chi connectivity index (χ0) is 10.8. The Kier molecular flexibility index (Phi) is 3.11. The molecular formula is C14H20O. The molecule has 0 amide bonds. The standard InChI is InChI=1S/C14H20O/c1-10-4-3-5-11(2)14(10)9-12-6-7-13(15)8-12/h3-5,12-13,15H,6-9H2,1-2H3. The Labute approximate surface area is 92.1 Å². The lowest BCUT2D eigenvalue weighted by Gasteiger charge is -2.14. The molecule has 1 aromatic rings. The highest BCUT2D eigenvalue weighted by Crippen LogP contribution is 2.30. The summed E-state index contributed by atoms with van der Waals surface area (Å²) >= 11 is 0. The average Bonchev–Trinajstić information content (AvgIpc) is 2.58. The van der Waals surface area contributed by atoms with E-state index in [1.165, 1.54) is 23.1 Å². The van der Waals surface area contributed by atoms with Gasteiger partial charge in [-0.3, -0.25) is 0 Å². The SMILES string of the molecule is Cc1cccc(C)c1CC1CCC(O)C1. The molecule has 2 rings (SSSR count). The van der Waals surface area contributed by atoms with Crippen molar-refractivity contribution in [3.05, 3.63) is 34.9 Å². The van der Waals surface area contributed by atoms with Crippen LogP contribution in [0.2, 0.25) is 0 Å². The van der Waals surface area contributed by atoms with E-state index in [1.807, 2.05) is 0 Å². The van der Waals surface area contributed by atoms with Crippen LogP contribution in [0.5, 0.6) is 0 Å². The fraction of sp³-hybridized carbons (Fsp3) is 0.571. The zero-order valence-electron chi connectivity index (χ0n) is 9.66. The van der Waals surface area contributed by atoms with Crippen LogP contribution in [-0.4, -0.2) is 11.2 Å². The Bertz CT molecular complexity index is 323. The summed E-state index contributed by atoms with van der Waals surface area (Å²) in [4.78, 5) is 0. The molecule has 1 aliphatic rings. The minimum absolute atomic E-state index is 0.0423. The van der Waals surface area contributed by atoms with Gasteiger partial charge in [-0.1, -0.05) is 18.2 Å². The molecule has 1 aromatic carbocycles. The molecule has 2 atom stereocenters. The van der Waals surface area contributed by atoms with Gasteiger partial charge in [0.05, 0.1) is 6.10 Å². The van der Waals surface area contributed by atoms with Crippen molar-refractivity contribution in [1.82, 2.24) is 0 Å². The highest BCUT2D eigenvalue weighted by molar-refractivity contribution is 5.33. The van der Waals surface area contributed by atoms with Crippen molar-refractivity contribution >= 4 is 0 Å². The van der Waals surface area contributed by atoms with E-state index in [9.17, 15) is 5.11 Å². The van der Waals surface area contributed by atoms with Crippen LogP contribution >= 0.6 is 0 Å². The molecular weight excluding hydrogens is 184 g/mol. The van der Waals surface area contributed by atoms with Gasteiger partial charge in [0.1, 0.15) is 0 Å². The number of aliphatic hydroxyl groups excluding tert-OH is 1. The van der Waals surface area contributed by atoms with Gasteiger partial charge < -0.3 is 5.11 Å². The summed E-state index contributed by atoms with van der Waals surface area (Å²) in [6.45, 7) is 4.38. The second kappa shape index (κ2) is 4.36. The van der Waals surface area contributed by atoms with E-state index < -0.39 is 0 Å². The first kappa shape index (κ1) is 10.7. The van der Waals surface area contributed by atoms with Gasteiger partial charge in [-0.25, -0.2) is 0 Å². The van der Waals surface area contributed by atoms with Gasteiger partial charge in [0.25, 0.3) is 0 Å². The molecule has 0 bridgehead atoms. The number of hydrogen-bond acceptors (Lipinski definition) is 1. The largest absolute Gasteiger partial charge is 0.393 e. The van der Waals surface area contributed by atoms with Crippen molar-refractivity contribution in [2.75, 3.05) is 0 Å². The Morgan fingerprint density at radius 1 is 1.20 bits per heavy atom. The van der Waals surface area contributed by atoms with Crippen LogP contribution in [0.25, 0.3) is 0 Å². The van der Waals surface area contributed by atoms with Crippen LogP contribution in [0.4, 0.5) is 0 Å². The fourth-order valence-electron chi connectivity index (χ4n) is 2.69. The molecule has 1 fully saturated rings. The number of hydrogen-bond donors (Lipinski definition) is 1. The fourth-order valence-corrected chi connectivity index (χ4v) is 2.69. The van der Waals surface area contributed by atoms with Crippen LogP contribution in [0.1, 0.15) is 36.0 Å². The van der Waals surface area contributed by atoms with E-state index in [0.29, 0.717) is 5.92 Å². The highest BCUT2D eigenvalue weighted by atomic mass is 16.3. The maximum atomic E-state index is 9.52. The lowest BCUT2D eigenvalue weighted by atomic mass is 9.92. The summed E-state index contributed by atoms with van der Waals surface area (Å²) in [7, 11) is 0. The van der Waals surface area contributed by atoms with Gasteiger partial charge >= 0.3 is 0 Å². The quantitative estimate of drug-likeness (QED) is 0.785. The third kappa shape index (κ3) is 2.40. The van der Waals surface area contributed by atoms with E-state index in [1.54, 1.807) is 0 Å². The van der Waals surface area contributed by atoms with E-state index >= 15 is 0 Å². The van der Waals surface area contributed by atoms with Crippen LogP contribution in [0.3, 0.4) is 0 Å². The van der Waals surface area contributed by atoms with Crippen molar-refractivity contribution < 1.29 is 5.11 Å². The summed E-state index contributed by atoms with van der Waals surface area (Å²) in [6.07, 6.45) is 4.28. The summed E-state index contributed by atoms with van der Waals surface area (Å²) < 4.78 is 0. The van der Waals surface area contributed by atoms with Crippen molar-refractivity contribution in [2.24, 2.45) is 5.92 Å². The molecule has 1 N–H and O–H groups in total. The second-order valence-corrected chi connectivity index (χ2v) is 4.91. The third-order valence-corrected chi connectivity index (χ3v) is 3.65. The summed E-state index contributed by atoms with van der Waals surface area (Å²) in [5.41, 5.74) is 4.30. The van der Waals surface area contributed by atoms with E-state index in [2.05, 4.69) is 32.0 Å². The first-order valence-corrected chi connectivity index (χ1v) is 5.90. The smallest absolute Gasteiger partial charge is 0.0543 e. The molecule has 1 saturated carbocycles. The predicted molar refractivity (Wildman–Crippen MR) is 63.0 cm³/mol. The molecule has 0 heterocycles. The molecule has 82 valence electrons. The monoisotopic (exact) mass is 204 g/mol. The Hall–Kier alpha value is -0.820. The number of rotatable bonds is 2. The van der Waals surface area contributed by atoms with Gasteiger partial charge in [-0.05, 0) is 62.1 Å². The Morgan fingerprint density at radius 3 is 2.40 bits per heavy atom. The molecule has 0 saturated heterocycles. The van der Waals surface area contributed by atoms with Crippen LogP contribution in [0.15, 0.2) is 18.2 Å². The first-order chi connectivity index (χ1) is 7.16. The van der Waals surface area contributed by atoms with Crippen molar-refractivity contribution in [2.45, 2.75) is 45.6 Å². The maximum absolute atomic E-state index is 9.52. The van der Waals surface area contributed by atoms with Crippen molar-refractivity contribution in [3.63, 3.8) is 0 Å². The minimum atomic E-state index is -0.0423. The lowest BCUT2D eigenvalue weighted by molar-refractivity contribution is 0.177. The molecule has 1 heteroatoms. The van der Waals surface area contributed by atoms with E-state index in [0.717, 1.165) is 19.3 Å². The predicted octanol–water partition coefficient (Wildman–Crippen LogP) is 3.01. The zero-order valence-corrected chi connectivity index (χ0v) is 9.66. The third-order valence-electron chi connectivity index (χ3n) is 3.65. The normalized spacial score (nSPS) is 25.8. The van der Waals surface area contributed by atoms with Gasteiger partial charge in [-0.15, -0.1) is 0 Å². The average molecular weight is 204 g/mol. The van der Waals surface area contributed by atoms with Gasteiger partial charge in [0.2, 0.25) is 0 Å². The minimum Gasteiger partial charge on any atom is -0.393 e. The maximum Gasteiger partial charge on any atom is 0.0543 e. The molecule has 1 aliphatic carbocycles. The van der Waals surface area contributed by atoms with E-state index in [-0.39, 0.29) is 6.10 Å². The second-order valence-electron chi connectivity index (χ2n) is 4.91.